The van der Waals surface area contributed by atoms with Crippen LogP contribution in [0.5, 0.6) is 0 Å². The molecule has 1 aliphatic carbocycles. The summed E-state index contributed by atoms with van der Waals surface area (Å²) in [6, 6.07) is 11.9. The SMILES string of the molecule is Cc1ccc(N2C(=O)Nc3ccccc3C2(O)C(=O)NC2CCCCCCC2)cc1C. The van der Waals surface area contributed by atoms with Crippen LogP contribution in [0.2, 0.25) is 0 Å². The fourth-order valence-electron chi connectivity index (χ4n) is 4.61. The Labute approximate surface area is 183 Å². The number of carbonyl (C=O) groups excluding carboxylic acids is 2. The number of anilines is 2. The highest BCUT2D eigenvalue weighted by molar-refractivity contribution is 6.11. The molecule has 0 aromatic heterocycles. The highest BCUT2D eigenvalue weighted by Gasteiger charge is 2.52. The molecule has 6 nitrogen and oxygen atoms in total. The van der Waals surface area contributed by atoms with Gasteiger partial charge in [-0.25, -0.2) is 4.79 Å². The molecule has 2 aromatic carbocycles. The largest absolute Gasteiger partial charge is 0.359 e. The predicted octanol–water partition coefficient (Wildman–Crippen LogP) is 4.73. The molecule has 3 amide bonds. The Balaban J connectivity index is 1.75. The molecule has 3 N–H and O–H groups in total. The van der Waals surface area contributed by atoms with E-state index in [9.17, 15) is 14.7 Å². The number of urea groups is 1. The van der Waals surface area contributed by atoms with Crippen LogP contribution in [-0.4, -0.2) is 23.1 Å². The first-order chi connectivity index (χ1) is 14.9. The molecule has 4 rings (SSSR count). The number of aliphatic hydroxyl groups is 1. The molecule has 0 spiro atoms. The van der Waals surface area contributed by atoms with Gasteiger partial charge in [0.05, 0.1) is 5.69 Å². The van der Waals surface area contributed by atoms with E-state index >= 15 is 0 Å². The Morgan fingerprint density at radius 1 is 1.03 bits per heavy atom. The summed E-state index contributed by atoms with van der Waals surface area (Å²) in [6.45, 7) is 3.93. The van der Waals surface area contributed by atoms with Gasteiger partial charge in [0.15, 0.2) is 0 Å². The van der Waals surface area contributed by atoms with Crippen molar-refractivity contribution in [2.45, 2.75) is 70.6 Å². The van der Waals surface area contributed by atoms with Gasteiger partial charge in [-0.2, -0.15) is 0 Å². The molecule has 164 valence electrons. The predicted molar refractivity (Wildman–Crippen MR) is 122 cm³/mol. The number of aryl methyl sites for hydroxylation is 2. The molecule has 1 aliphatic heterocycles. The average Bonchev–Trinajstić information content (AvgIpc) is 2.72. The van der Waals surface area contributed by atoms with Crippen LogP contribution in [0.4, 0.5) is 16.2 Å². The molecule has 2 aliphatic rings. The van der Waals surface area contributed by atoms with E-state index < -0.39 is 17.7 Å². The summed E-state index contributed by atoms with van der Waals surface area (Å²) < 4.78 is 0. The van der Waals surface area contributed by atoms with Crippen LogP contribution in [0.15, 0.2) is 42.5 Å². The molecule has 0 radical (unpaired) electrons. The van der Waals surface area contributed by atoms with Crippen molar-refractivity contribution in [1.29, 1.82) is 0 Å². The van der Waals surface area contributed by atoms with Crippen molar-refractivity contribution in [1.82, 2.24) is 5.32 Å². The van der Waals surface area contributed by atoms with Crippen molar-refractivity contribution in [3.8, 4) is 0 Å². The molecule has 0 bridgehead atoms. The molecule has 1 atom stereocenters. The van der Waals surface area contributed by atoms with Gasteiger partial charge in [-0.3, -0.25) is 9.69 Å². The Morgan fingerprint density at radius 3 is 2.42 bits per heavy atom. The van der Waals surface area contributed by atoms with Gasteiger partial charge in [0, 0.05) is 17.3 Å². The first-order valence-electron chi connectivity index (χ1n) is 11.2. The molecule has 6 heteroatoms. The lowest BCUT2D eigenvalue weighted by atomic mass is 9.92. The maximum absolute atomic E-state index is 13.6. The van der Waals surface area contributed by atoms with Crippen molar-refractivity contribution >= 4 is 23.3 Å². The second-order valence-corrected chi connectivity index (χ2v) is 8.77. The van der Waals surface area contributed by atoms with Gasteiger partial charge in [0.25, 0.3) is 11.6 Å². The van der Waals surface area contributed by atoms with Crippen LogP contribution in [0, 0.1) is 13.8 Å². The molecule has 2 aromatic rings. The van der Waals surface area contributed by atoms with Crippen LogP contribution in [0.25, 0.3) is 0 Å². The van der Waals surface area contributed by atoms with Gasteiger partial charge in [-0.15, -0.1) is 0 Å². The third-order valence-electron chi connectivity index (χ3n) is 6.58. The smallest absolute Gasteiger partial charge is 0.329 e. The molecule has 1 unspecified atom stereocenters. The number of carbonyl (C=O) groups is 2. The Morgan fingerprint density at radius 2 is 1.71 bits per heavy atom. The minimum absolute atomic E-state index is 0.00409. The highest BCUT2D eigenvalue weighted by atomic mass is 16.3. The van der Waals surface area contributed by atoms with Crippen molar-refractivity contribution < 1.29 is 14.7 Å². The number of hydrogen-bond acceptors (Lipinski definition) is 3. The van der Waals surface area contributed by atoms with Gasteiger partial charge < -0.3 is 15.7 Å². The van der Waals surface area contributed by atoms with E-state index in [1.807, 2.05) is 26.0 Å². The van der Waals surface area contributed by atoms with E-state index in [0.717, 1.165) is 49.7 Å². The van der Waals surface area contributed by atoms with Crippen molar-refractivity contribution in [2.75, 3.05) is 10.2 Å². The summed E-state index contributed by atoms with van der Waals surface area (Å²) in [5.74, 6) is -0.557. The van der Waals surface area contributed by atoms with Crippen LogP contribution >= 0.6 is 0 Å². The van der Waals surface area contributed by atoms with Gasteiger partial charge >= 0.3 is 6.03 Å². The molecule has 0 saturated heterocycles. The minimum atomic E-state index is -2.14. The number of nitrogens with zero attached hydrogens (tertiary/aromatic N) is 1. The molecule has 1 fully saturated rings. The summed E-state index contributed by atoms with van der Waals surface area (Å²) in [5, 5.41) is 17.8. The van der Waals surface area contributed by atoms with E-state index in [-0.39, 0.29) is 6.04 Å². The number of amides is 3. The minimum Gasteiger partial charge on any atom is -0.359 e. The Bertz CT molecular complexity index is 982. The molecule has 1 heterocycles. The average molecular weight is 422 g/mol. The summed E-state index contributed by atoms with van der Waals surface area (Å²) in [6.07, 6.45) is 7.45. The third-order valence-corrected chi connectivity index (χ3v) is 6.58. The normalized spacial score (nSPS) is 22.2. The number of benzene rings is 2. The number of para-hydroxylation sites is 1. The van der Waals surface area contributed by atoms with E-state index in [0.29, 0.717) is 16.9 Å². The van der Waals surface area contributed by atoms with Crippen LogP contribution in [0.3, 0.4) is 0 Å². The Hall–Kier alpha value is -2.86. The van der Waals surface area contributed by atoms with Gasteiger partial charge in [0.1, 0.15) is 0 Å². The zero-order chi connectivity index (χ0) is 22.0. The first kappa shape index (κ1) is 21.4. The summed E-state index contributed by atoms with van der Waals surface area (Å²) in [7, 11) is 0. The molecule has 1 saturated carbocycles. The molecular formula is C25H31N3O3. The second-order valence-electron chi connectivity index (χ2n) is 8.77. The summed E-state index contributed by atoms with van der Waals surface area (Å²) in [4.78, 5) is 28.0. The number of hydrogen-bond donors (Lipinski definition) is 3. The Kier molecular flexibility index (Phi) is 6.01. The zero-order valence-corrected chi connectivity index (χ0v) is 18.3. The van der Waals surface area contributed by atoms with Gasteiger partial charge in [-0.05, 0) is 56.0 Å². The molecular weight excluding hydrogens is 390 g/mol. The maximum atomic E-state index is 13.6. The third kappa shape index (κ3) is 4.04. The monoisotopic (exact) mass is 421 g/mol. The zero-order valence-electron chi connectivity index (χ0n) is 18.3. The summed E-state index contributed by atoms with van der Waals surface area (Å²) in [5.41, 5.74) is 1.21. The van der Waals surface area contributed by atoms with Crippen LogP contribution < -0.4 is 15.5 Å². The maximum Gasteiger partial charge on any atom is 0.329 e. The van der Waals surface area contributed by atoms with E-state index in [1.54, 1.807) is 30.3 Å². The fourth-order valence-corrected chi connectivity index (χ4v) is 4.61. The standard InChI is InChI=1S/C25H31N3O3/c1-17-14-15-20(16-18(17)2)28-24(30)27-22-13-9-8-12-21(22)25(28,31)23(29)26-19-10-6-4-3-5-7-11-19/h8-9,12-16,19,31H,3-7,10-11H2,1-2H3,(H,26,29)(H,27,30). The van der Waals surface area contributed by atoms with E-state index in [2.05, 4.69) is 10.6 Å². The number of nitrogens with one attached hydrogen (secondary N) is 2. The van der Waals surface area contributed by atoms with E-state index in [4.69, 9.17) is 0 Å². The van der Waals surface area contributed by atoms with Crippen molar-refractivity contribution in [2.24, 2.45) is 0 Å². The van der Waals surface area contributed by atoms with Gasteiger partial charge in [-0.1, -0.05) is 56.4 Å². The van der Waals surface area contributed by atoms with Crippen LogP contribution in [-0.2, 0) is 10.5 Å². The van der Waals surface area contributed by atoms with Crippen molar-refractivity contribution in [3.05, 3.63) is 59.2 Å². The lowest BCUT2D eigenvalue weighted by molar-refractivity contribution is -0.141. The topological polar surface area (TPSA) is 81.7 Å². The fraction of sp³-hybridized carbons (Fsp3) is 0.440. The quantitative estimate of drug-likeness (QED) is 0.670. The highest BCUT2D eigenvalue weighted by Crippen LogP contribution is 2.40. The lowest BCUT2D eigenvalue weighted by Gasteiger charge is -2.43. The number of rotatable bonds is 3. The second kappa shape index (κ2) is 8.71. The van der Waals surface area contributed by atoms with Gasteiger partial charge in [0.2, 0.25) is 0 Å². The van der Waals surface area contributed by atoms with E-state index in [1.165, 1.54) is 11.3 Å². The van der Waals surface area contributed by atoms with Crippen molar-refractivity contribution in [3.63, 3.8) is 0 Å². The molecule has 31 heavy (non-hydrogen) atoms. The number of fused-ring (bicyclic) bond motifs is 1. The summed E-state index contributed by atoms with van der Waals surface area (Å²) >= 11 is 0. The first-order valence-corrected chi connectivity index (χ1v) is 11.2. The lowest BCUT2D eigenvalue weighted by Crippen LogP contribution is -2.63. The van der Waals surface area contributed by atoms with Crippen LogP contribution in [0.1, 0.15) is 61.6 Å².